The number of fused-ring (bicyclic) bond motifs is 1. The Bertz CT molecular complexity index is 739. The van der Waals surface area contributed by atoms with E-state index in [-0.39, 0.29) is 11.6 Å². The third-order valence-electron chi connectivity index (χ3n) is 4.02. The molecule has 0 aliphatic carbocycles. The van der Waals surface area contributed by atoms with Gasteiger partial charge in [-0.1, -0.05) is 18.7 Å². The standard InChI is InChI=1S/C15H17N3O3S2/c1-10-4-6-17(7-5-10)14(19)9-22-15-16-12-3-2-11(18(20)21)8-13(12)23-15/h2-3,8,10H,4-7,9H2,1H3. The van der Waals surface area contributed by atoms with Gasteiger partial charge < -0.3 is 4.90 Å². The van der Waals surface area contributed by atoms with Crippen LogP contribution < -0.4 is 0 Å². The first-order chi connectivity index (χ1) is 11.0. The van der Waals surface area contributed by atoms with Crippen LogP contribution in [0.5, 0.6) is 0 Å². The van der Waals surface area contributed by atoms with E-state index in [4.69, 9.17) is 0 Å². The zero-order chi connectivity index (χ0) is 16.4. The SMILES string of the molecule is CC1CCN(C(=O)CSc2nc3ccc([N+](=O)[O-])cc3s2)CC1. The molecule has 8 heteroatoms. The summed E-state index contributed by atoms with van der Waals surface area (Å²) in [6, 6.07) is 4.64. The van der Waals surface area contributed by atoms with Crippen molar-refractivity contribution in [1.82, 2.24) is 9.88 Å². The number of thioether (sulfide) groups is 1. The maximum absolute atomic E-state index is 12.2. The lowest BCUT2D eigenvalue weighted by Crippen LogP contribution is -2.38. The number of amides is 1. The number of hydrogen-bond acceptors (Lipinski definition) is 6. The Hall–Kier alpha value is -1.67. The summed E-state index contributed by atoms with van der Waals surface area (Å²) in [5, 5.41) is 10.8. The predicted molar refractivity (Wildman–Crippen MR) is 92.0 cm³/mol. The normalized spacial score (nSPS) is 16.0. The highest BCUT2D eigenvalue weighted by Gasteiger charge is 2.20. The molecule has 1 aliphatic rings. The minimum Gasteiger partial charge on any atom is -0.342 e. The highest BCUT2D eigenvalue weighted by atomic mass is 32.2. The second-order valence-corrected chi connectivity index (χ2v) is 7.99. The fourth-order valence-electron chi connectivity index (χ4n) is 2.54. The van der Waals surface area contributed by atoms with E-state index >= 15 is 0 Å². The second-order valence-electron chi connectivity index (χ2n) is 5.74. The molecule has 1 aliphatic heterocycles. The number of nitrogens with zero attached hydrogens (tertiary/aromatic N) is 3. The van der Waals surface area contributed by atoms with Gasteiger partial charge in [-0.05, 0) is 24.8 Å². The average Bonchev–Trinajstić information content (AvgIpc) is 2.95. The van der Waals surface area contributed by atoms with E-state index in [1.54, 1.807) is 6.07 Å². The van der Waals surface area contributed by atoms with Gasteiger partial charge in [0.05, 0.1) is 20.9 Å². The molecule has 0 spiro atoms. The number of non-ortho nitro benzene ring substituents is 1. The quantitative estimate of drug-likeness (QED) is 0.478. The third-order valence-corrected chi connectivity index (χ3v) is 6.16. The summed E-state index contributed by atoms with van der Waals surface area (Å²) >= 11 is 2.80. The molecular formula is C15H17N3O3S2. The summed E-state index contributed by atoms with van der Waals surface area (Å²) in [4.78, 5) is 29.0. The lowest BCUT2D eigenvalue weighted by atomic mass is 9.99. The number of rotatable bonds is 4. The van der Waals surface area contributed by atoms with Crippen molar-refractivity contribution in [3.8, 4) is 0 Å². The van der Waals surface area contributed by atoms with Crippen molar-refractivity contribution in [2.45, 2.75) is 24.1 Å². The Morgan fingerprint density at radius 2 is 2.22 bits per heavy atom. The molecule has 0 unspecified atom stereocenters. The molecule has 1 amide bonds. The maximum atomic E-state index is 12.2. The van der Waals surface area contributed by atoms with Crippen LogP contribution in [0.4, 0.5) is 5.69 Å². The lowest BCUT2D eigenvalue weighted by Gasteiger charge is -2.30. The van der Waals surface area contributed by atoms with Gasteiger partial charge in [0.1, 0.15) is 0 Å². The monoisotopic (exact) mass is 351 g/mol. The zero-order valence-corrected chi connectivity index (χ0v) is 14.4. The van der Waals surface area contributed by atoms with Gasteiger partial charge in [-0.3, -0.25) is 14.9 Å². The molecule has 0 atom stereocenters. The fourth-order valence-corrected chi connectivity index (χ4v) is 4.54. The molecule has 1 saturated heterocycles. The molecular weight excluding hydrogens is 334 g/mol. The smallest absolute Gasteiger partial charge is 0.270 e. The van der Waals surface area contributed by atoms with Crippen LogP contribution in [0.15, 0.2) is 22.5 Å². The van der Waals surface area contributed by atoms with E-state index in [2.05, 4.69) is 11.9 Å². The van der Waals surface area contributed by atoms with E-state index < -0.39 is 4.92 Å². The lowest BCUT2D eigenvalue weighted by molar-refractivity contribution is -0.384. The Kier molecular flexibility index (Phi) is 4.82. The van der Waals surface area contributed by atoms with Crippen molar-refractivity contribution in [3.63, 3.8) is 0 Å². The summed E-state index contributed by atoms with van der Waals surface area (Å²) in [7, 11) is 0. The number of nitro groups is 1. The van der Waals surface area contributed by atoms with Crippen LogP contribution in [0.25, 0.3) is 10.2 Å². The summed E-state index contributed by atoms with van der Waals surface area (Å²) in [5.74, 6) is 1.22. The third kappa shape index (κ3) is 3.81. The minimum absolute atomic E-state index is 0.0659. The topological polar surface area (TPSA) is 76.3 Å². The van der Waals surface area contributed by atoms with Gasteiger partial charge in [0.2, 0.25) is 5.91 Å². The number of benzene rings is 1. The molecule has 0 N–H and O–H groups in total. The van der Waals surface area contributed by atoms with Crippen LogP contribution in [0.3, 0.4) is 0 Å². The summed E-state index contributed by atoms with van der Waals surface area (Å²) in [6.45, 7) is 3.90. The molecule has 122 valence electrons. The average molecular weight is 351 g/mol. The van der Waals surface area contributed by atoms with Gasteiger partial charge >= 0.3 is 0 Å². The van der Waals surface area contributed by atoms with Crippen LogP contribution in [-0.2, 0) is 4.79 Å². The van der Waals surface area contributed by atoms with Crippen LogP contribution in [0.2, 0.25) is 0 Å². The number of carbonyl (C=O) groups excluding carboxylic acids is 1. The highest BCUT2D eigenvalue weighted by molar-refractivity contribution is 8.01. The number of likely N-dealkylation sites (tertiary alicyclic amines) is 1. The van der Waals surface area contributed by atoms with E-state index in [0.717, 1.165) is 40.5 Å². The van der Waals surface area contributed by atoms with Gasteiger partial charge in [-0.25, -0.2) is 4.98 Å². The number of nitro benzene ring substituents is 1. The molecule has 6 nitrogen and oxygen atoms in total. The predicted octanol–water partition coefficient (Wildman–Crippen LogP) is 3.56. The number of carbonyl (C=O) groups is 1. The van der Waals surface area contributed by atoms with E-state index in [9.17, 15) is 14.9 Å². The first-order valence-corrected chi connectivity index (χ1v) is 9.28. The van der Waals surface area contributed by atoms with Crippen LogP contribution in [-0.4, -0.2) is 39.6 Å². The van der Waals surface area contributed by atoms with Crippen LogP contribution >= 0.6 is 23.1 Å². The molecule has 0 radical (unpaired) electrons. The van der Waals surface area contributed by atoms with Crippen LogP contribution in [0.1, 0.15) is 19.8 Å². The molecule has 23 heavy (non-hydrogen) atoms. The second kappa shape index (κ2) is 6.84. The van der Waals surface area contributed by atoms with E-state index in [1.807, 2.05) is 4.90 Å². The Labute approximate surface area is 142 Å². The summed E-state index contributed by atoms with van der Waals surface area (Å²) in [6.07, 6.45) is 2.14. The van der Waals surface area contributed by atoms with Gasteiger partial charge in [-0.2, -0.15) is 0 Å². The Balaban J connectivity index is 1.63. The summed E-state index contributed by atoms with van der Waals surface area (Å²) < 4.78 is 1.56. The molecule has 3 rings (SSSR count). The number of aromatic nitrogens is 1. The van der Waals surface area contributed by atoms with Crippen LogP contribution in [0, 0.1) is 16.0 Å². The molecule has 1 aromatic heterocycles. The van der Waals surface area contributed by atoms with Gasteiger partial charge in [0.15, 0.2) is 4.34 Å². The fraction of sp³-hybridized carbons (Fsp3) is 0.467. The molecule has 1 aromatic carbocycles. The van der Waals surface area contributed by atoms with Crippen molar-refractivity contribution in [2.24, 2.45) is 5.92 Å². The zero-order valence-electron chi connectivity index (χ0n) is 12.7. The van der Waals surface area contributed by atoms with E-state index in [1.165, 1.54) is 35.2 Å². The van der Waals surface area contributed by atoms with Crippen molar-refractivity contribution >= 4 is 44.9 Å². The first kappa shape index (κ1) is 16.2. The maximum Gasteiger partial charge on any atom is 0.270 e. The molecule has 0 saturated carbocycles. The minimum atomic E-state index is -0.410. The molecule has 0 bridgehead atoms. The van der Waals surface area contributed by atoms with Crippen molar-refractivity contribution in [2.75, 3.05) is 18.8 Å². The molecule has 2 heterocycles. The Morgan fingerprint density at radius 1 is 1.48 bits per heavy atom. The van der Waals surface area contributed by atoms with Crippen molar-refractivity contribution < 1.29 is 9.72 Å². The molecule has 1 fully saturated rings. The summed E-state index contributed by atoms with van der Waals surface area (Å²) in [5.41, 5.74) is 0.804. The van der Waals surface area contributed by atoms with E-state index in [0.29, 0.717) is 11.7 Å². The number of thiazole rings is 1. The number of hydrogen-bond donors (Lipinski definition) is 0. The van der Waals surface area contributed by atoms with Gasteiger partial charge in [0, 0.05) is 25.2 Å². The van der Waals surface area contributed by atoms with Crippen molar-refractivity contribution in [1.29, 1.82) is 0 Å². The number of piperidine rings is 1. The van der Waals surface area contributed by atoms with Gasteiger partial charge in [-0.15, -0.1) is 11.3 Å². The largest absolute Gasteiger partial charge is 0.342 e. The van der Waals surface area contributed by atoms with Gasteiger partial charge in [0.25, 0.3) is 5.69 Å². The molecule has 2 aromatic rings. The first-order valence-electron chi connectivity index (χ1n) is 7.48. The highest BCUT2D eigenvalue weighted by Crippen LogP contribution is 2.32. The Morgan fingerprint density at radius 3 is 2.91 bits per heavy atom. The van der Waals surface area contributed by atoms with Crippen molar-refractivity contribution in [3.05, 3.63) is 28.3 Å².